The van der Waals surface area contributed by atoms with E-state index < -0.39 is 6.04 Å². The number of likely N-dealkylation sites (N-methyl/N-ethyl adjacent to an activating group) is 1. The van der Waals surface area contributed by atoms with E-state index in [0.29, 0.717) is 0 Å². The smallest absolute Gasteiger partial charge is 0.319 e. The fourth-order valence-corrected chi connectivity index (χ4v) is 1.94. The molecule has 1 aromatic carbocycles. The van der Waals surface area contributed by atoms with Crippen molar-refractivity contribution < 1.29 is 14.3 Å². The third-order valence-corrected chi connectivity index (χ3v) is 2.86. The van der Waals surface area contributed by atoms with E-state index in [9.17, 15) is 9.59 Å². The lowest BCUT2D eigenvalue weighted by Crippen LogP contribution is -2.35. The fourth-order valence-electron chi connectivity index (χ4n) is 1.94. The van der Waals surface area contributed by atoms with Gasteiger partial charge < -0.3 is 9.64 Å². The number of carbonyl (C=O) groups is 2. The first kappa shape index (κ1) is 11.6. The van der Waals surface area contributed by atoms with Crippen molar-refractivity contribution >= 4 is 17.6 Å². The van der Waals surface area contributed by atoms with Crippen LogP contribution in [-0.4, -0.2) is 32.6 Å². The van der Waals surface area contributed by atoms with E-state index in [1.54, 1.807) is 11.9 Å². The highest BCUT2D eigenvalue weighted by atomic mass is 16.5. The molecular formula is C12H14N2O3. The molecule has 5 nitrogen and oxygen atoms in total. The Labute approximate surface area is 99.4 Å². The van der Waals surface area contributed by atoms with E-state index in [0.717, 1.165) is 11.3 Å². The maximum absolute atomic E-state index is 12.0. The number of carbonyl (C=O) groups excluding carboxylic acids is 2. The van der Waals surface area contributed by atoms with E-state index in [2.05, 4.69) is 10.1 Å². The first-order chi connectivity index (χ1) is 8.15. The van der Waals surface area contributed by atoms with E-state index >= 15 is 0 Å². The molecule has 1 unspecified atom stereocenters. The summed E-state index contributed by atoms with van der Waals surface area (Å²) in [5.74, 6) is -0.445. The summed E-state index contributed by atoms with van der Waals surface area (Å²) < 4.78 is 4.53. The van der Waals surface area contributed by atoms with Gasteiger partial charge in [0.15, 0.2) is 0 Å². The lowest BCUT2D eigenvalue weighted by atomic mass is 10.1. The molecule has 0 radical (unpaired) electrons. The molecule has 1 N–H and O–H groups in total. The molecule has 0 saturated heterocycles. The van der Waals surface area contributed by atoms with E-state index in [1.165, 1.54) is 7.11 Å². The van der Waals surface area contributed by atoms with Gasteiger partial charge in [-0.3, -0.25) is 14.9 Å². The van der Waals surface area contributed by atoms with Gasteiger partial charge in [0.1, 0.15) is 6.04 Å². The summed E-state index contributed by atoms with van der Waals surface area (Å²) >= 11 is 0. The fraction of sp³-hybridized carbons (Fsp3) is 0.333. The van der Waals surface area contributed by atoms with Crippen LogP contribution in [0.3, 0.4) is 0 Å². The average molecular weight is 234 g/mol. The Morgan fingerprint density at radius 1 is 1.47 bits per heavy atom. The third-order valence-electron chi connectivity index (χ3n) is 2.86. The molecule has 1 heterocycles. The highest BCUT2D eigenvalue weighted by molar-refractivity contribution is 6.04. The summed E-state index contributed by atoms with van der Waals surface area (Å²) in [6, 6.07) is 7.05. The predicted octanol–water partition coefficient (Wildman–Crippen LogP) is 0.467. The van der Waals surface area contributed by atoms with Crippen LogP contribution in [-0.2, 0) is 14.3 Å². The summed E-state index contributed by atoms with van der Waals surface area (Å²) in [5, 5.41) is 2.90. The minimum absolute atomic E-state index is 0.0229. The normalized spacial score (nSPS) is 18.1. The Morgan fingerprint density at radius 3 is 2.88 bits per heavy atom. The number of hydrogen-bond donors (Lipinski definition) is 1. The second-order valence-electron chi connectivity index (χ2n) is 3.85. The lowest BCUT2D eigenvalue weighted by molar-refractivity contribution is -0.139. The minimum Gasteiger partial charge on any atom is -0.468 e. The zero-order valence-corrected chi connectivity index (χ0v) is 9.77. The van der Waals surface area contributed by atoms with Crippen molar-refractivity contribution in [3.63, 3.8) is 0 Å². The lowest BCUT2D eigenvalue weighted by Gasteiger charge is -2.11. The maximum Gasteiger partial charge on any atom is 0.319 e. The van der Waals surface area contributed by atoms with Crippen LogP contribution < -0.4 is 10.2 Å². The monoisotopic (exact) mass is 234 g/mol. The van der Waals surface area contributed by atoms with Crippen molar-refractivity contribution in [3.05, 3.63) is 29.8 Å². The molecule has 1 amide bonds. The van der Waals surface area contributed by atoms with Crippen LogP contribution in [0.25, 0.3) is 0 Å². The minimum atomic E-state index is -0.463. The second-order valence-corrected chi connectivity index (χ2v) is 3.85. The first-order valence-electron chi connectivity index (χ1n) is 5.32. The zero-order valence-electron chi connectivity index (χ0n) is 9.77. The van der Waals surface area contributed by atoms with Gasteiger partial charge in [0, 0.05) is 18.3 Å². The molecule has 0 fully saturated rings. The van der Waals surface area contributed by atoms with E-state index in [-0.39, 0.29) is 18.4 Å². The van der Waals surface area contributed by atoms with Gasteiger partial charge in [0.2, 0.25) is 5.91 Å². The van der Waals surface area contributed by atoms with Gasteiger partial charge in [-0.05, 0) is 6.07 Å². The molecule has 0 spiro atoms. The summed E-state index contributed by atoms with van der Waals surface area (Å²) in [6.45, 7) is 0.0229. The van der Waals surface area contributed by atoms with Crippen LogP contribution in [0.2, 0.25) is 0 Å². The summed E-state index contributed by atoms with van der Waals surface area (Å²) in [7, 11) is 3.04. The maximum atomic E-state index is 12.0. The number of nitrogens with zero attached hydrogens (tertiary/aromatic N) is 1. The molecule has 1 aromatic rings. The average Bonchev–Trinajstić information content (AvgIpc) is 2.60. The molecule has 17 heavy (non-hydrogen) atoms. The number of fused-ring (bicyclic) bond motifs is 1. The van der Waals surface area contributed by atoms with Gasteiger partial charge in [0.05, 0.1) is 13.7 Å². The molecule has 0 saturated carbocycles. The van der Waals surface area contributed by atoms with Gasteiger partial charge in [-0.1, -0.05) is 18.2 Å². The van der Waals surface area contributed by atoms with Gasteiger partial charge in [-0.25, -0.2) is 0 Å². The number of amides is 1. The largest absolute Gasteiger partial charge is 0.468 e. The number of rotatable bonds is 3. The summed E-state index contributed by atoms with van der Waals surface area (Å²) in [4.78, 5) is 24.6. The Kier molecular flexibility index (Phi) is 3.10. The molecule has 2 rings (SSSR count). The van der Waals surface area contributed by atoms with Crippen molar-refractivity contribution in [1.82, 2.24) is 5.32 Å². The highest BCUT2D eigenvalue weighted by Gasteiger charge is 2.34. The SMILES string of the molecule is COC(=O)CNC1C(=O)N(C)c2ccccc21. The number of esters is 1. The highest BCUT2D eigenvalue weighted by Crippen LogP contribution is 2.34. The first-order valence-corrected chi connectivity index (χ1v) is 5.32. The van der Waals surface area contributed by atoms with Crippen LogP contribution in [0, 0.1) is 0 Å². The molecule has 90 valence electrons. The molecular weight excluding hydrogens is 220 g/mol. The molecule has 0 bridgehead atoms. The Hall–Kier alpha value is -1.88. The van der Waals surface area contributed by atoms with E-state index in [4.69, 9.17) is 0 Å². The van der Waals surface area contributed by atoms with Gasteiger partial charge in [-0.15, -0.1) is 0 Å². The quantitative estimate of drug-likeness (QED) is 0.772. The number of anilines is 1. The summed E-state index contributed by atoms with van der Waals surface area (Å²) in [6.07, 6.45) is 0. The number of hydrogen-bond acceptors (Lipinski definition) is 4. The second kappa shape index (κ2) is 4.55. The third kappa shape index (κ3) is 2.01. The van der Waals surface area contributed by atoms with Crippen molar-refractivity contribution in [2.75, 3.05) is 25.6 Å². The number of para-hydroxylation sites is 1. The Morgan fingerprint density at radius 2 is 2.18 bits per heavy atom. The van der Waals surface area contributed by atoms with Crippen LogP contribution in [0.1, 0.15) is 11.6 Å². The number of nitrogens with one attached hydrogen (secondary N) is 1. The van der Waals surface area contributed by atoms with Gasteiger partial charge in [0.25, 0.3) is 0 Å². The van der Waals surface area contributed by atoms with Gasteiger partial charge >= 0.3 is 5.97 Å². The topological polar surface area (TPSA) is 58.6 Å². The van der Waals surface area contributed by atoms with Crippen LogP contribution in [0.5, 0.6) is 0 Å². The standard InChI is InChI=1S/C12H14N2O3/c1-14-9-6-4-3-5-8(9)11(12(14)16)13-7-10(15)17-2/h3-6,11,13H,7H2,1-2H3. The summed E-state index contributed by atoms with van der Waals surface area (Å²) in [5.41, 5.74) is 1.77. The molecule has 0 aliphatic carbocycles. The van der Waals surface area contributed by atoms with Crippen molar-refractivity contribution in [3.8, 4) is 0 Å². The van der Waals surface area contributed by atoms with Crippen molar-refractivity contribution in [2.24, 2.45) is 0 Å². The van der Waals surface area contributed by atoms with E-state index in [1.807, 2.05) is 24.3 Å². The van der Waals surface area contributed by atoms with Crippen LogP contribution >= 0.6 is 0 Å². The molecule has 0 aromatic heterocycles. The number of ether oxygens (including phenoxy) is 1. The molecule has 1 atom stereocenters. The Balaban J connectivity index is 2.18. The molecule has 1 aliphatic rings. The van der Waals surface area contributed by atoms with Gasteiger partial charge in [-0.2, -0.15) is 0 Å². The number of methoxy groups -OCH3 is 1. The van der Waals surface area contributed by atoms with Crippen LogP contribution in [0.4, 0.5) is 5.69 Å². The molecule has 1 aliphatic heterocycles. The molecule has 5 heteroatoms. The van der Waals surface area contributed by atoms with Crippen LogP contribution in [0.15, 0.2) is 24.3 Å². The van der Waals surface area contributed by atoms with Crippen molar-refractivity contribution in [2.45, 2.75) is 6.04 Å². The number of benzene rings is 1. The zero-order chi connectivity index (χ0) is 12.4. The predicted molar refractivity (Wildman–Crippen MR) is 62.6 cm³/mol. The van der Waals surface area contributed by atoms with Crippen molar-refractivity contribution in [1.29, 1.82) is 0 Å². The Bertz CT molecular complexity index is 459.